The SMILES string of the molecule is C=C[C@]1(C)C[C@@H](OC(=O)COc2ccc3c(c2)B(O)OC3CN)[C@]2(C)[C@H](C)CC[C@]3(CCC(=O)[C@H]32)[C@@H](C)[C@@H]1O.Cl. The summed E-state index contributed by atoms with van der Waals surface area (Å²) in [6.07, 6.45) is 3.52. The lowest BCUT2D eigenvalue weighted by molar-refractivity contribution is -0.207. The monoisotopic (exact) mass is 575 g/mol. The van der Waals surface area contributed by atoms with E-state index in [2.05, 4.69) is 27.4 Å². The molecule has 0 spiro atoms. The van der Waals surface area contributed by atoms with Gasteiger partial charge < -0.3 is 30.0 Å². The largest absolute Gasteiger partial charge is 0.492 e. The van der Waals surface area contributed by atoms with Gasteiger partial charge in [-0.3, -0.25) is 4.79 Å². The summed E-state index contributed by atoms with van der Waals surface area (Å²) in [7, 11) is -1.10. The summed E-state index contributed by atoms with van der Waals surface area (Å²) in [6, 6.07) is 5.16. The van der Waals surface area contributed by atoms with E-state index >= 15 is 0 Å². The number of esters is 1. The van der Waals surface area contributed by atoms with Gasteiger partial charge in [-0.1, -0.05) is 39.8 Å². The van der Waals surface area contributed by atoms with Crippen molar-refractivity contribution in [2.45, 2.75) is 78.1 Å². The van der Waals surface area contributed by atoms with Gasteiger partial charge in [-0.2, -0.15) is 0 Å². The second kappa shape index (κ2) is 11.1. The van der Waals surface area contributed by atoms with Crippen LogP contribution >= 0.6 is 12.4 Å². The van der Waals surface area contributed by atoms with Crippen molar-refractivity contribution in [3.63, 3.8) is 0 Å². The van der Waals surface area contributed by atoms with Crippen molar-refractivity contribution in [3.05, 3.63) is 36.4 Å². The lowest BCUT2D eigenvalue weighted by Gasteiger charge is -2.61. The molecule has 4 N–H and O–H groups in total. The Kier molecular flexibility index (Phi) is 8.58. The predicted molar refractivity (Wildman–Crippen MR) is 154 cm³/mol. The van der Waals surface area contributed by atoms with E-state index in [1.54, 1.807) is 24.3 Å². The number of hydrogen-bond donors (Lipinski definition) is 3. The van der Waals surface area contributed by atoms with Crippen LogP contribution in [-0.2, 0) is 19.0 Å². The molecule has 0 saturated heterocycles. The fraction of sp³-hybridized carbons (Fsp3) is 0.667. The third kappa shape index (κ3) is 4.62. The Morgan fingerprint density at radius 2 is 2.02 bits per heavy atom. The molecular formula is C30H43BClNO7. The first-order valence-corrected chi connectivity index (χ1v) is 14.3. The molecule has 5 rings (SSSR count). The molecule has 0 radical (unpaired) electrons. The molecule has 40 heavy (non-hydrogen) atoms. The van der Waals surface area contributed by atoms with Crippen LogP contribution in [0, 0.1) is 34.0 Å². The number of hydrogen-bond acceptors (Lipinski definition) is 8. The average Bonchev–Trinajstić information content (AvgIpc) is 3.44. The summed E-state index contributed by atoms with van der Waals surface area (Å²) in [5, 5.41) is 21.9. The Morgan fingerprint density at radius 1 is 1.30 bits per heavy atom. The number of benzene rings is 1. The zero-order valence-corrected chi connectivity index (χ0v) is 24.7. The highest BCUT2D eigenvalue weighted by molar-refractivity contribution is 6.61. The highest BCUT2D eigenvalue weighted by atomic mass is 35.5. The van der Waals surface area contributed by atoms with Gasteiger partial charge in [0.15, 0.2) is 6.61 Å². The van der Waals surface area contributed by atoms with Crippen LogP contribution in [0.4, 0.5) is 0 Å². The molecule has 10 heteroatoms. The van der Waals surface area contributed by atoms with E-state index in [0.717, 1.165) is 24.8 Å². The summed E-state index contributed by atoms with van der Waals surface area (Å²) in [6.45, 7) is 12.3. The molecule has 1 aliphatic heterocycles. The van der Waals surface area contributed by atoms with Gasteiger partial charge in [0.25, 0.3) is 0 Å². The first-order chi connectivity index (χ1) is 18.4. The number of nitrogens with two attached hydrogens (primary N) is 1. The fourth-order valence-corrected chi connectivity index (χ4v) is 8.47. The Hall–Kier alpha value is -1.91. The number of ketones is 1. The van der Waals surface area contributed by atoms with E-state index in [4.69, 9.17) is 19.9 Å². The second-order valence-corrected chi connectivity index (χ2v) is 12.9. The molecule has 3 saturated carbocycles. The van der Waals surface area contributed by atoms with Crippen LogP contribution in [0.25, 0.3) is 0 Å². The minimum Gasteiger partial charge on any atom is -0.482 e. The third-order valence-corrected chi connectivity index (χ3v) is 11.1. The number of aliphatic hydroxyl groups excluding tert-OH is 1. The number of Topliss-reactive ketones (excluding diaryl/α,β-unsaturated/α-hetero) is 1. The lowest BCUT2D eigenvalue weighted by atomic mass is 9.44. The van der Waals surface area contributed by atoms with Gasteiger partial charge >= 0.3 is 13.1 Å². The Labute approximate surface area is 243 Å². The van der Waals surface area contributed by atoms with Crippen molar-refractivity contribution in [2.24, 2.45) is 39.7 Å². The van der Waals surface area contributed by atoms with Crippen LogP contribution < -0.4 is 15.9 Å². The van der Waals surface area contributed by atoms with E-state index < -0.39 is 36.1 Å². The van der Waals surface area contributed by atoms with Crippen LogP contribution in [0.5, 0.6) is 5.75 Å². The highest BCUT2D eigenvalue weighted by Crippen LogP contribution is 2.68. The van der Waals surface area contributed by atoms with Gasteiger partial charge in [0.05, 0.1) is 12.2 Å². The van der Waals surface area contributed by atoms with E-state index in [-0.39, 0.29) is 60.6 Å². The summed E-state index contributed by atoms with van der Waals surface area (Å²) < 4.78 is 17.5. The molecule has 3 fully saturated rings. The summed E-state index contributed by atoms with van der Waals surface area (Å²) >= 11 is 0. The maximum Gasteiger partial charge on any atom is 0.492 e. The third-order valence-electron chi connectivity index (χ3n) is 11.1. The topological polar surface area (TPSA) is 128 Å². The van der Waals surface area contributed by atoms with E-state index in [0.29, 0.717) is 24.1 Å². The molecule has 9 atom stereocenters. The van der Waals surface area contributed by atoms with Gasteiger partial charge in [0, 0.05) is 29.7 Å². The molecule has 1 heterocycles. The minimum atomic E-state index is -1.10. The molecule has 8 nitrogen and oxygen atoms in total. The Bertz CT molecular complexity index is 1170. The molecule has 1 aromatic rings. The van der Waals surface area contributed by atoms with Gasteiger partial charge in [0.1, 0.15) is 17.6 Å². The molecule has 1 aromatic carbocycles. The van der Waals surface area contributed by atoms with Crippen molar-refractivity contribution in [3.8, 4) is 5.75 Å². The molecule has 220 valence electrons. The predicted octanol–water partition coefficient (Wildman–Crippen LogP) is 3.11. The van der Waals surface area contributed by atoms with Crippen molar-refractivity contribution in [1.29, 1.82) is 0 Å². The fourth-order valence-electron chi connectivity index (χ4n) is 8.47. The maximum absolute atomic E-state index is 13.5. The minimum absolute atomic E-state index is 0. The zero-order valence-electron chi connectivity index (χ0n) is 23.9. The molecule has 1 unspecified atom stereocenters. The second-order valence-electron chi connectivity index (χ2n) is 12.9. The standard InChI is InChI=1S/C30H42BNO7.ClH/c1-6-28(4)14-24(29(5)17(2)9-11-30(18(3)27(28)35)12-10-22(33)26(29)30)38-25(34)16-37-19-7-8-20-21(13-19)31(36)39-23(20)15-32;/h6-8,13,17-18,23-24,26-27,35-36H,1,9-12,14-16,32H2,2-5H3;1H/t17-,18+,23?,24-,26+,27+,28-,29+,30+;/m1./s1. The summed E-state index contributed by atoms with van der Waals surface area (Å²) in [5.74, 6) is -0.117. The van der Waals surface area contributed by atoms with Gasteiger partial charge in [0.2, 0.25) is 0 Å². The number of aliphatic hydroxyl groups is 1. The maximum atomic E-state index is 13.5. The molecule has 0 aromatic heterocycles. The first-order valence-electron chi connectivity index (χ1n) is 14.3. The number of rotatable bonds is 6. The van der Waals surface area contributed by atoms with Gasteiger partial charge in [-0.25, -0.2) is 4.79 Å². The van der Waals surface area contributed by atoms with Gasteiger partial charge in [-0.15, -0.1) is 19.0 Å². The average molecular weight is 576 g/mol. The van der Waals surface area contributed by atoms with Gasteiger partial charge in [-0.05, 0) is 66.1 Å². The van der Waals surface area contributed by atoms with E-state index in [9.17, 15) is 19.7 Å². The highest BCUT2D eigenvalue weighted by Gasteiger charge is 2.68. The summed E-state index contributed by atoms with van der Waals surface area (Å²) in [4.78, 5) is 26.8. The summed E-state index contributed by atoms with van der Waals surface area (Å²) in [5.41, 5.74) is 5.51. The number of ether oxygens (including phenoxy) is 2. The van der Waals surface area contributed by atoms with Crippen molar-refractivity contribution >= 4 is 36.7 Å². The normalized spacial score (nSPS) is 40.3. The van der Waals surface area contributed by atoms with E-state index in [1.165, 1.54) is 0 Å². The Balaban J connectivity index is 0.00000370. The van der Waals surface area contributed by atoms with E-state index in [1.807, 2.05) is 6.92 Å². The van der Waals surface area contributed by atoms with Crippen molar-refractivity contribution in [2.75, 3.05) is 13.2 Å². The number of halogens is 1. The van der Waals surface area contributed by atoms with Crippen LogP contribution in [0.15, 0.2) is 30.9 Å². The molecule has 0 amide bonds. The smallest absolute Gasteiger partial charge is 0.482 e. The number of carbonyl (C=O) groups is 2. The molecule has 2 bridgehead atoms. The van der Waals surface area contributed by atoms with Crippen LogP contribution in [0.2, 0.25) is 0 Å². The van der Waals surface area contributed by atoms with Crippen LogP contribution in [-0.4, -0.2) is 54.4 Å². The zero-order chi connectivity index (χ0) is 28.3. The molecular weight excluding hydrogens is 533 g/mol. The number of carbonyl (C=O) groups excluding carboxylic acids is 2. The quantitative estimate of drug-likeness (QED) is 0.268. The molecule has 4 aliphatic rings. The first kappa shape index (κ1) is 31.0. The van der Waals surface area contributed by atoms with Crippen LogP contribution in [0.3, 0.4) is 0 Å². The van der Waals surface area contributed by atoms with Crippen molar-refractivity contribution < 1.29 is 33.8 Å². The lowest BCUT2D eigenvalue weighted by Crippen LogP contribution is -2.63. The van der Waals surface area contributed by atoms with Crippen molar-refractivity contribution in [1.82, 2.24) is 0 Å². The Morgan fingerprint density at radius 3 is 2.70 bits per heavy atom. The van der Waals surface area contributed by atoms with Crippen LogP contribution in [0.1, 0.15) is 71.5 Å². The molecule has 3 aliphatic carbocycles. The number of fused-ring (bicyclic) bond motifs is 1.